The maximum absolute atomic E-state index is 14.8. The Kier molecular flexibility index (Phi) is 6.36. The standard InChI is InChI=1S/C30H28O6S2/c1-20-9-13-22(14-10-20)37(31,32)19-30(38(33,34)23-15-11-21(2)12-16-23)26-8-6-5-7-24(26)25-17-28(35-3)29(36-4)18-27(25)30/h5-18H,19H2,1-4H3/t30-/m0/s1. The number of hydrogen-bond acceptors (Lipinski definition) is 6. The molecule has 0 amide bonds. The van der Waals surface area contributed by atoms with Crippen LogP contribution < -0.4 is 9.47 Å². The molecule has 0 saturated heterocycles. The van der Waals surface area contributed by atoms with Crippen LogP contribution in [0.4, 0.5) is 0 Å². The lowest BCUT2D eigenvalue weighted by molar-refractivity contribution is 0.354. The Morgan fingerprint density at radius 2 is 1.16 bits per heavy atom. The molecule has 0 fully saturated rings. The molecule has 0 aromatic heterocycles. The fourth-order valence-corrected chi connectivity index (χ4v) is 9.66. The molecule has 1 atom stereocenters. The van der Waals surface area contributed by atoms with Crippen molar-refractivity contribution in [1.29, 1.82) is 0 Å². The second-order valence-electron chi connectivity index (χ2n) is 9.51. The van der Waals surface area contributed by atoms with Gasteiger partial charge < -0.3 is 9.47 Å². The van der Waals surface area contributed by atoms with E-state index in [1.807, 2.05) is 26.0 Å². The van der Waals surface area contributed by atoms with Crippen molar-refractivity contribution in [3.05, 3.63) is 107 Å². The quantitative estimate of drug-likeness (QED) is 0.303. The lowest BCUT2D eigenvalue weighted by Crippen LogP contribution is -2.42. The lowest BCUT2D eigenvalue weighted by Gasteiger charge is -2.32. The number of aryl methyl sites for hydroxylation is 2. The average Bonchev–Trinajstić information content (AvgIpc) is 3.18. The van der Waals surface area contributed by atoms with E-state index in [9.17, 15) is 16.8 Å². The Morgan fingerprint density at radius 1 is 0.632 bits per heavy atom. The molecule has 0 heterocycles. The minimum Gasteiger partial charge on any atom is -0.493 e. The molecule has 0 saturated carbocycles. The summed E-state index contributed by atoms with van der Waals surface area (Å²) in [6.45, 7) is 3.73. The first-order valence-electron chi connectivity index (χ1n) is 12.0. The number of ether oxygens (including phenoxy) is 2. The molecule has 38 heavy (non-hydrogen) atoms. The third-order valence-electron chi connectivity index (χ3n) is 7.17. The maximum atomic E-state index is 14.8. The molecule has 0 spiro atoms. The number of benzene rings is 4. The molecule has 4 aromatic rings. The number of sulfone groups is 2. The average molecular weight is 549 g/mol. The molecule has 1 aliphatic carbocycles. The first-order chi connectivity index (χ1) is 18.0. The Bertz CT molecular complexity index is 1740. The van der Waals surface area contributed by atoms with Crippen molar-refractivity contribution in [3.63, 3.8) is 0 Å². The number of hydrogen-bond donors (Lipinski definition) is 0. The molecular formula is C30H28O6S2. The predicted octanol–water partition coefficient (Wildman–Crippen LogP) is 5.49. The molecule has 8 heteroatoms. The second kappa shape index (κ2) is 9.29. The molecule has 0 radical (unpaired) electrons. The van der Waals surface area contributed by atoms with Crippen LogP contribution >= 0.6 is 0 Å². The van der Waals surface area contributed by atoms with Gasteiger partial charge in [-0.05, 0) is 72.5 Å². The van der Waals surface area contributed by atoms with E-state index in [2.05, 4.69) is 0 Å². The van der Waals surface area contributed by atoms with E-state index in [-0.39, 0.29) is 9.79 Å². The van der Waals surface area contributed by atoms with Crippen molar-refractivity contribution in [3.8, 4) is 22.6 Å². The van der Waals surface area contributed by atoms with Crippen molar-refractivity contribution >= 4 is 19.7 Å². The van der Waals surface area contributed by atoms with Gasteiger partial charge in [0.1, 0.15) is 4.75 Å². The molecule has 0 unspecified atom stereocenters. The van der Waals surface area contributed by atoms with Crippen LogP contribution in [-0.4, -0.2) is 36.8 Å². The zero-order valence-corrected chi connectivity index (χ0v) is 23.2. The number of rotatable bonds is 7. The molecular weight excluding hydrogens is 520 g/mol. The summed E-state index contributed by atoms with van der Waals surface area (Å²) in [6, 6.07) is 23.3. The summed E-state index contributed by atoms with van der Waals surface area (Å²) in [4.78, 5) is 0.104. The minimum absolute atomic E-state index is 0.0413. The van der Waals surface area contributed by atoms with E-state index in [1.165, 1.54) is 38.5 Å². The van der Waals surface area contributed by atoms with Crippen LogP contribution in [-0.2, 0) is 24.4 Å². The number of methoxy groups -OCH3 is 2. The summed E-state index contributed by atoms with van der Waals surface area (Å²) in [7, 11) is -5.44. The fourth-order valence-electron chi connectivity index (χ4n) is 5.19. The highest BCUT2D eigenvalue weighted by atomic mass is 32.2. The van der Waals surface area contributed by atoms with Gasteiger partial charge >= 0.3 is 0 Å². The summed E-state index contributed by atoms with van der Waals surface area (Å²) in [6.07, 6.45) is 0. The lowest BCUT2D eigenvalue weighted by atomic mass is 9.97. The minimum atomic E-state index is -4.31. The van der Waals surface area contributed by atoms with Crippen molar-refractivity contribution in [2.75, 3.05) is 20.0 Å². The largest absolute Gasteiger partial charge is 0.493 e. The first kappa shape index (κ1) is 26.0. The van der Waals surface area contributed by atoms with Crippen molar-refractivity contribution in [2.24, 2.45) is 0 Å². The van der Waals surface area contributed by atoms with E-state index in [1.54, 1.807) is 48.5 Å². The molecule has 0 aliphatic heterocycles. The molecule has 196 valence electrons. The molecule has 6 nitrogen and oxygen atoms in total. The van der Waals surface area contributed by atoms with Crippen molar-refractivity contribution < 1.29 is 26.3 Å². The van der Waals surface area contributed by atoms with Crippen LogP contribution in [0.15, 0.2) is 94.7 Å². The Balaban J connectivity index is 1.89. The molecule has 4 aromatic carbocycles. The summed E-state index contributed by atoms with van der Waals surface area (Å²) in [5.74, 6) is 0.0555. The fraction of sp³-hybridized carbons (Fsp3) is 0.200. The molecule has 0 N–H and O–H groups in total. The van der Waals surface area contributed by atoms with Gasteiger partial charge in [-0.1, -0.05) is 59.7 Å². The SMILES string of the molecule is COc1cc2c(cc1OC)[C@@](CS(=O)(=O)c1ccc(C)cc1)(S(=O)(=O)c1ccc(C)cc1)c1ccccc1-2. The third-order valence-corrected chi connectivity index (χ3v) is 11.6. The van der Waals surface area contributed by atoms with Gasteiger partial charge in [0, 0.05) is 0 Å². The summed E-state index contributed by atoms with van der Waals surface area (Å²) in [5, 5.41) is 0. The zero-order valence-electron chi connectivity index (χ0n) is 21.6. The van der Waals surface area contributed by atoms with E-state index >= 15 is 0 Å². The van der Waals surface area contributed by atoms with Crippen LogP contribution in [0.1, 0.15) is 22.3 Å². The van der Waals surface area contributed by atoms with Crippen molar-refractivity contribution in [1.82, 2.24) is 0 Å². The van der Waals surface area contributed by atoms with Gasteiger partial charge in [-0.25, -0.2) is 16.8 Å². The van der Waals surface area contributed by atoms with Crippen molar-refractivity contribution in [2.45, 2.75) is 28.4 Å². The monoisotopic (exact) mass is 548 g/mol. The maximum Gasteiger partial charge on any atom is 0.193 e. The third kappa shape index (κ3) is 3.90. The molecule has 5 rings (SSSR count). The highest BCUT2D eigenvalue weighted by Crippen LogP contribution is 2.57. The van der Waals surface area contributed by atoms with Gasteiger partial charge in [-0.2, -0.15) is 0 Å². The van der Waals surface area contributed by atoms with Gasteiger partial charge in [-0.15, -0.1) is 0 Å². The van der Waals surface area contributed by atoms with Crippen LogP contribution in [0.2, 0.25) is 0 Å². The number of fused-ring (bicyclic) bond motifs is 3. The topological polar surface area (TPSA) is 86.7 Å². The molecule has 1 aliphatic rings. The summed E-state index contributed by atoms with van der Waals surface area (Å²) in [5.41, 5.74) is 3.77. The highest BCUT2D eigenvalue weighted by Gasteiger charge is 2.56. The van der Waals surface area contributed by atoms with E-state index in [0.29, 0.717) is 33.8 Å². The summed E-state index contributed by atoms with van der Waals surface area (Å²) >= 11 is 0. The first-order valence-corrected chi connectivity index (χ1v) is 15.2. The second-order valence-corrected chi connectivity index (χ2v) is 13.7. The predicted molar refractivity (Wildman–Crippen MR) is 147 cm³/mol. The van der Waals surface area contributed by atoms with E-state index in [4.69, 9.17) is 9.47 Å². The Labute approximate surface area is 223 Å². The van der Waals surface area contributed by atoms with Gasteiger partial charge in [0.25, 0.3) is 0 Å². The zero-order chi connectivity index (χ0) is 27.3. The Hall–Kier alpha value is -3.62. The molecule has 0 bridgehead atoms. The van der Waals surface area contributed by atoms with Gasteiger partial charge in [0.2, 0.25) is 0 Å². The highest BCUT2D eigenvalue weighted by molar-refractivity contribution is 7.96. The van der Waals surface area contributed by atoms with Crippen LogP contribution in [0, 0.1) is 13.8 Å². The summed E-state index contributed by atoms with van der Waals surface area (Å²) < 4.78 is 66.7. The van der Waals surface area contributed by atoms with Gasteiger partial charge in [0.05, 0.1) is 29.8 Å². The smallest absolute Gasteiger partial charge is 0.193 e. The van der Waals surface area contributed by atoms with Crippen LogP contribution in [0.25, 0.3) is 11.1 Å². The van der Waals surface area contributed by atoms with Crippen LogP contribution in [0.5, 0.6) is 11.5 Å². The van der Waals surface area contributed by atoms with Gasteiger partial charge in [0.15, 0.2) is 31.2 Å². The van der Waals surface area contributed by atoms with Gasteiger partial charge in [-0.3, -0.25) is 0 Å². The van der Waals surface area contributed by atoms with E-state index in [0.717, 1.165) is 11.1 Å². The normalized spacial score (nSPS) is 16.5. The van der Waals surface area contributed by atoms with Crippen LogP contribution in [0.3, 0.4) is 0 Å². The Morgan fingerprint density at radius 3 is 1.74 bits per heavy atom. The van der Waals surface area contributed by atoms with E-state index < -0.39 is 30.2 Å².